The standard InChI is InChI=1S/C36H29FN4O4S/c1-25(42)38-30-15-21-34(22-16-30)46(43,44)40-31-13-7-27(8-14-31)35-23-36(41(39-35)32-17-11-29(37)12-18-32)28-9-19-33(20-10-28)45-24-26-5-3-2-4-6-26/h2-23,40H,24H2,1H3,(H,38,42). The number of halogens is 1. The molecular weight excluding hydrogens is 603 g/mol. The summed E-state index contributed by atoms with van der Waals surface area (Å²) in [5.74, 6) is 0.132. The summed E-state index contributed by atoms with van der Waals surface area (Å²) < 4.78 is 50.0. The van der Waals surface area contributed by atoms with Gasteiger partial charge >= 0.3 is 0 Å². The number of amides is 1. The molecule has 0 atom stereocenters. The third-order valence-electron chi connectivity index (χ3n) is 7.10. The van der Waals surface area contributed by atoms with Crippen LogP contribution in [0.15, 0.2) is 138 Å². The summed E-state index contributed by atoms with van der Waals surface area (Å²) in [6.07, 6.45) is 0. The molecule has 0 fully saturated rings. The number of sulfonamides is 1. The summed E-state index contributed by atoms with van der Waals surface area (Å²) in [5, 5.41) is 7.44. The molecule has 0 bridgehead atoms. The van der Waals surface area contributed by atoms with Crippen molar-refractivity contribution in [1.82, 2.24) is 9.78 Å². The van der Waals surface area contributed by atoms with Gasteiger partial charge in [0.1, 0.15) is 18.2 Å². The lowest BCUT2D eigenvalue weighted by Gasteiger charge is -2.10. The highest BCUT2D eigenvalue weighted by Gasteiger charge is 2.16. The molecule has 0 spiro atoms. The first-order chi connectivity index (χ1) is 22.2. The highest BCUT2D eigenvalue weighted by atomic mass is 32.2. The molecule has 10 heteroatoms. The Hall–Kier alpha value is -5.74. The van der Waals surface area contributed by atoms with Crippen LogP contribution >= 0.6 is 0 Å². The van der Waals surface area contributed by atoms with E-state index in [4.69, 9.17) is 9.84 Å². The summed E-state index contributed by atoms with van der Waals surface area (Å²) in [7, 11) is -3.86. The SMILES string of the molecule is CC(=O)Nc1ccc(S(=O)(=O)Nc2ccc(-c3cc(-c4ccc(OCc5ccccc5)cc4)n(-c4ccc(F)cc4)n3)cc2)cc1. The van der Waals surface area contributed by atoms with Gasteiger partial charge in [0.05, 0.1) is 22.0 Å². The Bertz CT molecular complexity index is 2060. The Balaban J connectivity index is 1.24. The third kappa shape index (κ3) is 7.14. The number of aromatic nitrogens is 2. The lowest BCUT2D eigenvalue weighted by atomic mass is 10.1. The van der Waals surface area contributed by atoms with Crippen LogP contribution in [0.5, 0.6) is 5.75 Å². The van der Waals surface area contributed by atoms with E-state index in [0.717, 1.165) is 28.1 Å². The van der Waals surface area contributed by atoms with Crippen molar-refractivity contribution in [2.45, 2.75) is 18.4 Å². The second-order valence-electron chi connectivity index (χ2n) is 10.5. The van der Waals surface area contributed by atoms with Gasteiger partial charge in [-0.25, -0.2) is 17.5 Å². The van der Waals surface area contributed by atoms with Gasteiger partial charge < -0.3 is 10.1 Å². The topological polar surface area (TPSA) is 102 Å². The average molecular weight is 633 g/mol. The molecule has 6 rings (SSSR count). The summed E-state index contributed by atoms with van der Waals surface area (Å²) in [6.45, 7) is 1.83. The number of hydrogen-bond donors (Lipinski definition) is 2. The van der Waals surface area contributed by atoms with Crippen LogP contribution in [-0.4, -0.2) is 24.1 Å². The molecule has 8 nitrogen and oxygen atoms in total. The van der Waals surface area contributed by atoms with Gasteiger partial charge in [0.25, 0.3) is 10.0 Å². The number of benzene rings is 5. The van der Waals surface area contributed by atoms with Gasteiger partial charge in [0, 0.05) is 29.4 Å². The zero-order valence-electron chi connectivity index (χ0n) is 24.7. The highest BCUT2D eigenvalue weighted by molar-refractivity contribution is 7.92. The summed E-state index contributed by atoms with van der Waals surface area (Å²) in [6, 6.07) is 38.4. The molecule has 46 heavy (non-hydrogen) atoms. The minimum absolute atomic E-state index is 0.0600. The zero-order valence-corrected chi connectivity index (χ0v) is 25.5. The molecule has 0 aliphatic rings. The van der Waals surface area contributed by atoms with E-state index in [-0.39, 0.29) is 16.6 Å². The molecule has 0 aliphatic heterocycles. The molecule has 5 aromatic carbocycles. The fraction of sp³-hybridized carbons (Fsp3) is 0.0556. The smallest absolute Gasteiger partial charge is 0.261 e. The van der Waals surface area contributed by atoms with E-state index in [1.54, 1.807) is 41.1 Å². The first-order valence-corrected chi connectivity index (χ1v) is 15.9. The first kappa shape index (κ1) is 30.3. The van der Waals surface area contributed by atoms with Gasteiger partial charge in [0.15, 0.2) is 0 Å². The number of nitrogens with one attached hydrogen (secondary N) is 2. The van der Waals surface area contributed by atoms with Gasteiger partial charge in [-0.1, -0.05) is 42.5 Å². The molecule has 230 valence electrons. The van der Waals surface area contributed by atoms with Crippen molar-refractivity contribution in [1.29, 1.82) is 0 Å². The summed E-state index contributed by atoms with van der Waals surface area (Å²) in [4.78, 5) is 11.3. The normalized spacial score (nSPS) is 11.2. The molecule has 1 heterocycles. The summed E-state index contributed by atoms with van der Waals surface area (Å²) in [5.41, 5.74) is 5.69. The Kier molecular flexibility index (Phi) is 8.62. The van der Waals surface area contributed by atoms with E-state index >= 15 is 0 Å². The summed E-state index contributed by atoms with van der Waals surface area (Å²) >= 11 is 0. The van der Waals surface area contributed by atoms with Crippen molar-refractivity contribution in [2.75, 3.05) is 10.0 Å². The van der Waals surface area contributed by atoms with Crippen molar-refractivity contribution < 1.29 is 22.3 Å². The number of carbonyl (C=O) groups is 1. The van der Waals surface area contributed by atoms with Crippen LogP contribution in [0.3, 0.4) is 0 Å². The van der Waals surface area contributed by atoms with Crippen LogP contribution in [0.4, 0.5) is 15.8 Å². The molecule has 0 saturated carbocycles. The van der Waals surface area contributed by atoms with E-state index in [2.05, 4.69) is 10.0 Å². The van der Waals surface area contributed by atoms with E-state index in [9.17, 15) is 17.6 Å². The molecule has 2 N–H and O–H groups in total. The number of nitrogens with zero attached hydrogens (tertiary/aromatic N) is 2. The van der Waals surface area contributed by atoms with Gasteiger partial charge in [0.2, 0.25) is 5.91 Å². The minimum Gasteiger partial charge on any atom is -0.489 e. The highest BCUT2D eigenvalue weighted by Crippen LogP contribution is 2.31. The first-order valence-electron chi connectivity index (χ1n) is 14.4. The van der Waals surface area contributed by atoms with Crippen molar-refractivity contribution in [2.24, 2.45) is 0 Å². The van der Waals surface area contributed by atoms with Crippen LogP contribution in [0.25, 0.3) is 28.2 Å². The predicted octanol–water partition coefficient (Wildman–Crippen LogP) is 7.68. The van der Waals surface area contributed by atoms with Gasteiger partial charge in [-0.2, -0.15) is 5.10 Å². The Labute approximate surface area is 266 Å². The van der Waals surface area contributed by atoms with Gasteiger partial charge in [-0.05, 0) is 96.6 Å². The third-order valence-corrected chi connectivity index (χ3v) is 8.49. The largest absolute Gasteiger partial charge is 0.489 e. The number of ether oxygens (including phenoxy) is 1. The molecule has 0 radical (unpaired) electrons. The van der Waals surface area contributed by atoms with Crippen molar-refractivity contribution >= 4 is 27.3 Å². The molecule has 0 unspecified atom stereocenters. The van der Waals surface area contributed by atoms with E-state index in [1.165, 1.54) is 43.3 Å². The number of hydrogen-bond acceptors (Lipinski definition) is 5. The molecule has 0 aliphatic carbocycles. The average Bonchev–Trinajstić information content (AvgIpc) is 3.50. The number of rotatable bonds is 10. The maximum atomic E-state index is 13.8. The Morgan fingerprint density at radius 1 is 0.783 bits per heavy atom. The van der Waals surface area contributed by atoms with E-state index in [0.29, 0.717) is 29.4 Å². The quantitative estimate of drug-likeness (QED) is 0.161. The van der Waals surface area contributed by atoms with E-state index < -0.39 is 10.0 Å². The lowest BCUT2D eigenvalue weighted by molar-refractivity contribution is -0.114. The van der Waals surface area contributed by atoms with Crippen molar-refractivity contribution in [3.05, 3.63) is 145 Å². The van der Waals surface area contributed by atoms with Gasteiger partial charge in [-0.15, -0.1) is 0 Å². The van der Waals surface area contributed by atoms with Crippen molar-refractivity contribution in [3.8, 4) is 34.0 Å². The van der Waals surface area contributed by atoms with Crippen LogP contribution in [0.1, 0.15) is 12.5 Å². The van der Waals surface area contributed by atoms with Gasteiger partial charge in [-0.3, -0.25) is 9.52 Å². The minimum atomic E-state index is -3.86. The van der Waals surface area contributed by atoms with Crippen molar-refractivity contribution in [3.63, 3.8) is 0 Å². The lowest BCUT2D eigenvalue weighted by Crippen LogP contribution is -2.13. The van der Waals surface area contributed by atoms with Crippen LogP contribution in [0, 0.1) is 5.82 Å². The van der Waals surface area contributed by atoms with E-state index in [1.807, 2.05) is 60.7 Å². The number of anilines is 2. The predicted molar refractivity (Wildman–Crippen MR) is 177 cm³/mol. The zero-order chi connectivity index (χ0) is 32.1. The Morgan fingerprint density at radius 2 is 1.41 bits per heavy atom. The van der Waals surface area contributed by atoms with Crippen LogP contribution < -0.4 is 14.8 Å². The van der Waals surface area contributed by atoms with Crippen LogP contribution in [-0.2, 0) is 21.4 Å². The monoisotopic (exact) mass is 632 g/mol. The molecule has 1 aromatic heterocycles. The molecule has 6 aromatic rings. The Morgan fingerprint density at radius 3 is 2.07 bits per heavy atom. The fourth-order valence-electron chi connectivity index (χ4n) is 4.81. The molecule has 1 amide bonds. The molecular formula is C36H29FN4O4S. The van der Waals surface area contributed by atoms with Crippen LogP contribution in [0.2, 0.25) is 0 Å². The number of carbonyl (C=O) groups excluding carboxylic acids is 1. The second-order valence-corrected chi connectivity index (χ2v) is 12.2. The second kappa shape index (κ2) is 13.1. The fourth-order valence-corrected chi connectivity index (χ4v) is 5.87. The molecule has 0 saturated heterocycles. The maximum Gasteiger partial charge on any atom is 0.261 e. The maximum absolute atomic E-state index is 13.8.